The first-order valence-corrected chi connectivity index (χ1v) is 8.54. The Labute approximate surface area is 125 Å². The van der Waals surface area contributed by atoms with Gasteiger partial charge in [0.05, 0.1) is 0 Å². The third-order valence-electron chi connectivity index (χ3n) is 5.10. The molecule has 1 aliphatic carbocycles. The summed E-state index contributed by atoms with van der Waals surface area (Å²) in [6, 6.07) is 9.79. The van der Waals surface area contributed by atoms with Crippen LogP contribution in [0, 0.1) is 11.8 Å². The van der Waals surface area contributed by atoms with E-state index in [1.165, 1.54) is 56.1 Å². The zero-order chi connectivity index (χ0) is 14.4. The summed E-state index contributed by atoms with van der Waals surface area (Å²) in [7, 11) is 2.13. The molecular weight excluding hydrogens is 242 g/mol. The van der Waals surface area contributed by atoms with Gasteiger partial charge in [0, 0.05) is 6.04 Å². The van der Waals surface area contributed by atoms with Gasteiger partial charge in [0.15, 0.2) is 0 Å². The van der Waals surface area contributed by atoms with E-state index >= 15 is 0 Å². The Morgan fingerprint density at radius 3 is 2.50 bits per heavy atom. The molecule has 1 aliphatic rings. The van der Waals surface area contributed by atoms with Crippen LogP contribution in [-0.4, -0.2) is 7.05 Å². The molecule has 1 saturated carbocycles. The zero-order valence-corrected chi connectivity index (χ0v) is 13.5. The number of rotatable bonds is 6. The van der Waals surface area contributed by atoms with E-state index < -0.39 is 0 Å². The van der Waals surface area contributed by atoms with Crippen LogP contribution in [0.5, 0.6) is 0 Å². The second-order valence-corrected chi connectivity index (χ2v) is 6.45. The lowest BCUT2D eigenvalue weighted by Crippen LogP contribution is -2.28. The highest BCUT2D eigenvalue weighted by Gasteiger charge is 2.27. The van der Waals surface area contributed by atoms with Crippen LogP contribution in [0.2, 0.25) is 0 Å². The maximum Gasteiger partial charge on any atom is 0.0346 e. The second kappa shape index (κ2) is 7.83. The fourth-order valence-corrected chi connectivity index (χ4v) is 3.84. The average Bonchev–Trinajstić information content (AvgIpc) is 2.49. The van der Waals surface area contributed by atoms with Crippen molar-refractivity contribution in [1.82, 2.24) is 5.32 Å². The molecule has 1 nitrogen and oxygen atoms in total. The number of hydrogen-bond acceptors (Lipinski definition) is 1. The summed E-state index contributed by atoms with van der Waals surface area (Å²) in [6.45, 7) is 4.60. The summed E-state index contributed by atoms with van der Waals surface area (Å²) in [5.74, 6) is 1.80. The Balaban J connectivity index is 2.06. The van der Waals surface area contributed by atoms with Gasteiger partial charge in [0.2, 0.25) is 0 Å². The topological polar surface area (TPSA) is 12.0 Å². The van der Waals surface area contributed by atoms with Crippen molar-refractivity contribution < 1.29 is 0 Å². The normalized spacial score (nSPS) is 24.6. The van der Waals surface area contributed by atoms with Crippen LogP contribution in [0.25, 0.3) is 0 Å². The number of nitrogens with one attached hydrogen (secondary N) is 1. The molecule has 0 radical (unpaired) electrons. The van der Waals surface area contributed by atoms with E-state index in [4.69, 9.17) is 0 Å². The van der Waals surface area contributed by atoms with Crippen molar-refractivity contribution in [2.75, 3.05) is 7.05 Å². The van der Waals surface area contributed by atoms with Crippen molar-refractivity contribution >= 4 is 0 Å². The van der Waals surface area contributed by atoms with Crippen molar-refractivity contribution in [2.45, 2.75) is 64.8 Å². The predicted octanol–water partition coefficient (Wildman–Crippen LogP) is 5.12. The van der Waals surface area contributed by atoms with Crippen molar-refractivity contribution in [2.24, 2.45) is 11.8 Å². The first kappa shape index (κ1) is 15.6. The molecule has 1 N–H and O–H groups in total. The lowest BCUT2D eigenvalue weighted by atomic mass is 9.76. The van der Waals surface area contributed by atoms with Gasteiger partial charge in [0.1, 0.15) is 0 Å². The third-order valence-corrected chi connectivity index (χ3v) is 5.10. The molecule has 1 aromatic rings. The maximum absolute atomic E-state index is 3.59. The van der Waals surface area contributed by atoms with Crippen LogP contribution >= 0.6 is 0 Å². The molecule has 0 saturated heterocycles. The van der Waals surface area contributed by atoms with Gasteiger partial charge in [-0.15, -0.1) is 0 Å². The van der Waals surface area contributed by atoms with Gasteiger partial charge in [0.25, 0.3) is 0 Å². The second-order valence-electron chi connectivity index (χ2n) is 6.45. The number of benzene rings is 1. The fourth-order valence-electron chi connectivity index (χ4n) is 3.84. The van der Waals surface area contributed by atoms with Gasteiger partial charge in [-0.1, -0.05) is 63.8 Å². The average molecular weight is 273 g/mol. The molecule has 1 atom stereocenters. The first-order chi connectivity index (χ1) is 9.78. The van der Waals surface area contributed by atoms with Gasteiger partial charge in [-0.05, 0) is 49.3 Å². The van der Waals surface area contributed by atoms with Gasteiger partial charge in [-0.25, -0.2) is 0 Å². The van der Waals surface area contributed by atoms with E-state index in [1.807, 2.05) is 0 Å². The molecule has 1 aromatic carbocycles. The molecule has 20 heavy (non-hydrogen) atoms. The molecule has 0 spiro atoms. The molecule has 1 unspecified atom stereocenters. The van der Waals surface area contributed by atoms with Crippen molar-refractivity contribution in [3.63, 3.8) is 0 Å². The lowest BCUT2D eigenvalue weighted by Gasteiger charge is -2.34. The Morgan fingerprint density at radius 1 is 1.15 bits per heavy atom. The Hall–Kier alpha value is -0.820. The van der Waals surface area contributed by atoms with Gasteiger partial charge >= 0.3 is 0 Å². The van der Waals surface area contributed by atoms with Gasteiger partial charge in [-0.2, -0.15) is 0 Å². The molecule has 0 bridgehead atoms. The Kier molecular flexibility index (Phi) is 6.09. The standard InChI is InChI=1S/C19H31N/c1-4-7-16-8-6-9-18(14-16)19(20-3)17-12-10-15(5-2)11-13-17/h6,8-9,14-15,17,19-20H,4-5,7,10-13H2,1-3H3. The van der Waals surface area contributed by atoms with Crippen LogP contribution in [0.15, 0.2) is 24.3 Å². The smallest absolute Gasteiger partial charge is 0.0346 e. The molecule has 0 aliphatic heterocycles. The predicted molar refractivity (Wildman–Crippen MR) is 88.0 cm³/mol. The van der Waals surface area contributed by atoms with Crippen molar-refractivity contribution in [3.8, 4) is 0 Å². The molecule has 0 amide bonds. The SMILES string of the molecule is CCCc1cccc(C(NC)C2CCC(CC)CC2)c1. The summed E-state index contributed by atoms with van der Waals surface area (Å²) in [6.07, 6.45) is 9.43. The maximum atomic E-state index is 3.59. The van der Waals surface area contributed by atoms with Crippen LogP contribution in [0.1, 0.15) is 69.5 Å². The molecule has 0 aromatic heterocycles. The molecule has 1 fully saturated rings. The Bertz CT molecular complexity index is 391. The van der Waals surface area contributed by atoms with E-state index in [-0.39, 0.29) is 0 Å². The summed E-state index contributed by atoms with van der Waals surface area (Å²) < 4.78 is 0. The van der Waals surface area contributed by atoms with Crippen molar-refractivity contribution in [3.05, 3.63) is 35.4 Å². The van der Waals surface area contributed by atoms with E-state index in [0.717, 1.165) is 11.8 Å². The molecule has 1 heteroatoms. The third kappa shape index (κ3) is 3.85. The molecule has 112 valence electrons. The van der Waals surface area contributed by atoms with E-state index in [2.05, 4.69) is 50.5 Å². The molecular formula is C19H31N. The minimum absolute atomic E-state index is 0.546. The van der Waals surface area contributed by atoms with Crippen LogP contribution in [0.3, 0.4) is 0 Å². The fraction of sp³-hybridized carbons (Fsp3) is 0.684. The van der Waals surface area contributed by atoms with E-state index in [1.54, 1.807) is 0 Å². The minimum atomic E-state index is 0.546. The minimum Gasteiger partial charge on any atom is -0.313 e. The lowest BCUT2D eigenvalue weighted by molar-refractivity contribution is 0.224. The largest absolute Gasteiger partial charge is 0.313 e. The van der Waals surface area contributed by atoms with Crippen LogP contribution in [0.4, 0.5) is 0 Å². The molecule has 0 heterocycles. The summed E-state index contributed by atoms with van der Waals surface area (Å²) in [5.41, 5.74) is 2.99. The van der Waals surface area contributed by atoms with Crippen molar-refractivity contribution in [1.29, 1.82) is 0 Å². The number of hydrogen-bond donors (Lipinski definition) is 1. The summed E-state index contributed by atoms with van der Waals surface area (Å²) in [4.78, 5) is 0. The van der Waals surface area contributed by atoms with E-state index in [9.17, 15) is 0 Å². The van der Waals surface area contributed by atoms with E-state index in [0.29, 0.717) is 6.04 Å². The number of aryl methyl sites for hydroxylation is 1. The monoisotopic (exact) mass is 273 g/mol. The first-order valence-electron chi connectivity index (χ1n) is 8.54. The summed E-state index contributed by atoms with van der Waals surface area (Å²) in [5, 5.41) is 3.59. The molecule has 2 rings (SSSR count). The quantitative estimate of drug-likeness (QED) is 0.759. The zero-order valence-electron chi connectivity index (χ0n) is 13.5. The van der Waals surface area contributed by atoms with Crippen LogP contribution in [-0.2, 0) is 6.42 Å². The summed E-state index contributed by atoms with van der Waals surface area (Å²) >= 11 is 0. The highest BCUT2D eigenvalue weighted by Crippen LogP contribution is 2.37. The van der Waals surface area contributed by atoms with Gasteiger partial charge < -0.3 is 5.32 Å². The highest BCUT2D eigenvalue weighted by atomic mass is 14.9. The van der Waals surface area contributed by atoms with Gasteiger partial charge in [-0.3, -0.25) is 0 Å². The highest BCUT2D eigenvalue weighted by molar-refractivity contribution is 5.27. The van der Waals surface area contributed by atoms with Crippen LogP contribution < -0.4 is 5.32 Å². The Morgan fingerprint density at radius 2 is 1.90 bits per heavy atom.